The summed E-state index contributed by atoms with van der Waals surface area (Å²) in [5.41, 5.74) is 5.65. The fraction of sp³-hybridized carbons (Fsp3) is 0.143. The maximum absolute atomic E-state index is 6.52. The van der Waals surface area contributed by atoms with Gasteiger partial charge in [0.15, 0.2) is 0 Å². The van der Waals surface area contributed by atoms with Crippen molar-refractivity contribution in [3.8, 4) is 0 Å². The molecule has 0 saturated carbocycles. The Morgan fingerprint density at radius 1 is 0.419 bits per heavy atom. The average Bonchev–Trinajstić information content (AvgIpc) is 2.86. The van der Waals surface area contributed by atoms with Crippen molar-refractivity contribution in [2.24, 2.45) is 0 Å². The second-order valence-electron chi connectivity index (χ2n) is 7.55. The van der Waals surface area contributed by atoms with Crippen LogP contribution in [0.4, 0.5) is 0 Å². The summed E-state index contributed by atoms with van der Waals surface area (Å²) in [5, 5.41) is 0. The first-order valence-electron chi connectivity index (χ1n) is 10.7. The maximum atomic E-state index is 6.52. The van der Waals surface area contributed by atoms with E-state index in [-0.39, 0.29) is 0 Å². The summed E-state index contributed by atoms with van der Waals surface area (Å²) in [5.74, 6) is 0.930. The number of hydrogen-bond donors (Lipinski definition) is 0. The standard InChI is InChI=1S/2C14H13.O.2Sn/c2*1-12(13-8-4-2-5-9-13)14-10-6-3-7-11-14;;;/h2*2-12H,1H2;;;. The Morgan fingerprint density at radius 3 is 0.935 bits per heavy atom. The molecule has 4 radical (unpaired) electrons. The summed E-state index contributed by atoms with van der Waals surface area (Å²) < 4.78 is 8.91. The van der Waals surface area contributed by atoms with E-state index in [2.05, 4.69) is 121 Å². The summed E-state index contributed by atoms with van der Waals surface area (Å²) in [6.45, 7) is 0. The number of hydrogen-bond acceptors (Lipinski definition) is 1. The molecule has 0 N–H and O–H groups in total. The predicted octanol–water partition coefficient (Wildman–Crippen LogP) is 6.74. The molecule has 4 aromatic carbocycles. The van der Waals surface area contributed by atoms with E-state index >= 15 is 0 Å². The van der Waals surface area contributed by atoms with Crippen LogP contribution in [0.25, 0.3) is 0 Å². The molecule has 0 saturated heterocycles. The first-order valence-corrected chi connectivity index (χ1v) is 17.1. The zero-order valence-electron chi connectivity index (χ0n) is 17.5. The van der Waals surface area contributed by atoms with Gasteiger partial charge in [-0.2, -0.15) is 0 Å². The quantitative estimate of drug-likeness (QED) is 0.142. The molecule has 0 atom stereocenters. The first kappa shape index (κ1) is 22.6. The molecule has 0 aliphatic rings. The average molecular weight is 616 g/mol. The van der Waals surface area contributed by atoms with Gasteiger partial charge in [0.05, 0.1) is 0 Å². The van der Waals surface area contributed by atoms with Gasteiger partial charge in [-0.15, -0.1) is 0 Å². The molecule has 0 bridgehead atoms. The monoisotopic (exact) mass is 618 g/mol. The zero-order chi connectivity index (χ0) is 21.1. The fourth-order valence-corrected chi connectivity index (χ4v) is 13.5. The van der Waals surface area contributed by atoms with E-state index in [0.717, 1.165) is 0 Å². The third kappa shape index (κ3) is 6.71. The normalized spacial score (nSPS) is 11.2. The first-order chi connectivity index (χ1) is 15.4. The van der Waals surface area contributed by atoms with Crippen molar-refractivity contribution in [1.82, 2.24) is 0 Å². The van der Waals surface area contributed by atoms with Gasteiger partial charge in [0.2, 0.25) is 0 Å². The molecule has 0 fully saturated rings. The van der Waals surface area contributed by atoms with Gasteiger partial charge in [-0.25, -0.2) is 0 Å². The van der Waals surface area contributed by atoms with Crippen molar-refractivity contribution < 1.29 is 1.41 Å². The van der Waals surface area contributed by atoms with Crippen LogP contribution < -0.4 is 0 Å². The summed E-state index contributed by atoms with van der Waals surface area (Å²) in [6.07, 6.45) is 0. The Bertz CT molecular complexity index is 844. The Morgan fingerprint density at radius 2 is 0.677 bits per heavy atom. The van der Waals surface area contributed by atoms with E-state index in [4.69, 9.17) is 1.41 Å². The molecular weight excluding hydrogens is 590 g/mol. The Labute approximate surface area is 207 Å². The van der Waals surface area contributed by atoms with Crippen LogP contribution in [0.3, 0.4) is 0 Å². The fourth-order valence-electron chi connectivity index (χ4n) is 3.90. The molecule has 31 heavy (non-hydrogen) atoms. The van der Waals surface area contributed by atoms with Gasteiger partial charge in [0, 0.05) is 0 Å². The van der Waals surface area contributed by atoms with Gasteiger partial charge in [0.25, 0.3) is 0 Å². The third-order valence-corrected chi connectivity index (χ3v) is 15.2. The molecule has 0 unspecified atom stereocenters. The number of rotatable bonds is 10. The van der Waals surface area contributed by atoms with E-state index in [0.29, 0.717) is 11.8 Å². The third-order valence-electron chi connectivity index (χ3n) is 5.53. The van der Waals surface area contributed by atoms with Crippen LogP contribution in [0.15, 0.2) is 121 Å². The molecule has 1 nitrogen and oxygen atoms in total. The van der Waals surface area contributed by atoms with Crippen molar-refractivity contribution in [2.75, 3.05) is 0 Å². The molecule has 0 heterocycles. The minimum atomic E-state index is -0.860. The van der Waals surface area contributed by atoms with Crippen molar-refractivity contribution in [3.63, 3.8) is 0 Å². The van der Waals surface area contributed by atoms with Gasteiger partial charge in [-0.3, -0.25) is 0 Å². The van der Waals surface area contributed by atoms with Crippen LogP contribution in [0.5, 0.6) is 0 Å². The topological polar surface area (TPSA) is 9.23 Å². The zero-order valence-corrected chi connectivity index (χ0v) is 23.2. The second-order valence-corrected chi connectivity index (χ2v) is 16.0. The van der Waals surface area contributed by atoms with Crippen LogP contribution in [-0.4, -0.2) is 43.1 Å². The van der Waals surface area contributed by atoms with Gasteiger partial charge in [0.1, 0.15) is 0 Å². The molecule has 0 amide bonds. The van der Waals surface area contributed by atoms with E-state index in [1.165, 1.54) is 31.1 Å². The number of benzene rings is 4. The molecule has 0 aromatic heterocycles. The van der Waals surface area contributed by atoms with Crippen LogP contribution in [0.2, 0.25) is 8.87 Å². The molecule has 0 aliphatic heterocycles. The molecule has 0 spiro atoms. The van der Waals surface area contributed by atoms with E-state index in [9.17, 15) is 0 Å². The van der Waals surface area contributed by atoms with Crippen LogP contribution in [-0.2, 0) is 1.41 Å². The van der Waals surface area contributed by atoms with Crippen LogP contribution in [0.1, 0.15) is 34.1 Å². The van der Waals surface area contributed by atoms with Gasteiger partial charge in [-0.05, 0) is 0 Å². The van der Waals surface area contributed by atoms with Gasteiger partial charge in [-0.1, -0.05) is 0 Å². The van der Waals surface area contributed by atoms with E-state index in [1.807, 2.05) is 0 Å². The Hall–Kier alpha value is -1.56. The van der Waals surface area contributed by atoms with E-state index < -0.39 is 43.1 Å². The summed E-state index contributed by atoms with van der Waals surface area (Å²) in [4.78, 5) is 0. The Balaban J connectivity index is 1.37. The van der Waals surface area contributed by atoms with Crippen LogP contribution >= 0.6 is 0 Å². The van der Waals surface area contributed by atoms with Gasteiger partial charge >= 0.3 is 209 Å². The Kier molecular flexibility index (Phi) is 9.10. The summed E-state index contributed by atoms with van der Waals surface area (Å²) in [7, 11) is 0. The van der Waals surface area contributed by atoms with Crippen molar-refractivity contribution in [3.05, 3.63) is 144 Å². The predicted molar refractivity (Wildman–Crippen MR) is 132 cm³/mol. The van der Waals surface area contributed by atoms with Crippen molar-refractivity contribution in [1.29, 1.82) is 0 Å². The van der Waals surface area contributed by atoms with Crippen molar-refractivity contribution in [2.45, 2.75) is 20.7 Å². The molecule has 4 rings (SSSR count). The van der Waals surface area contributed by atoms with Crippen molar-refractivity contribution >= 4 is 43.1 Å². The SMILES string of the molecule is c1ccc(C([CH2][Sn][O][Sn][CH2]C(c2ccccc2)c2ccccc2)c2ccccc2)cc1. The summed E-state index contributed by atoms with van der Waals surface area (Å²) in [6, 6.07) is 43.7. The molecule has 0 aliphatic carbocycles. The molecular formula is C28H26OSn2. The molecule has 4 aromatic rings. The molecule has 3 heteroatoms. The summed E-state index contributed by atoms with van der Waals surface area (Å²) >= 11 is -1.72. The minimum absolute atomic E-state index is 0.465. The molecule has 152 valence electrons. The van der Waals surface area contributed by atoms with Crippen LogP contribution in [0, 0.1) is 0 Å². The van der Waals surface area contributed by atoms with E-state index in [1.54, 1.807) is 0 Å². The second kappa shape index (κ2) is 12.5. The van der Waals surface area contributed by atoms with Gasteiger partial charge < -0.3 is 0 Å².